The molecule has 0 radical (unpaired) electrons. The summed E-state index contributed by atoms with van der Waals surface area (Å²) < 4.78 is 0. The maximum atomic E-state index is 12.3. The minimum absolute atomic E-state index is 0.00115. The highest BCUT2D eigenvalue weighted by Gasteiger charge is 2.30. The summed E-state index contributed by atoms with van der Waals surface area (Å²) in [5.74, 6) is 0.976. The molecule has 0 saturated heterocycles. The van der Waals surface area contributed by atoms with Gasteiger partial charge in [-0.25, -0.2) is 10.9 Å². The minimum atomic E-state index is -0.0294. The fourth-order valence-electron chi connectivity index (χ4n) is 4.78. The Labute approximate surface area is 169 Å². The van der Waals surface area contributed by atoms with Crippen LogP contribution in [0, 0.1) is 23.7 Å². The van der Waals surface area contributed by atoms with Gasteiger partial charge in [-0.2, -0.15) is 10.2 Å². The number of rotatable bonds is 6. The molecular formula is C22H36N4O2. The summed E-state index contributed by atoms with van der Waals surface area (Å²) in [7, 11) is 0. The third-order valence-electron chi connectivity index (χ3n) is 6.69. The van der Waals surface area contributed by atoms with Crippen molar-refractivity contribution in [2.45, 2.75) is 89.9 Å². The van der Waals surface area contributed by atoms with Gasteiger partial charge in [0.05, 0.1) is 0 Å². The highest BCUT2D eigenvalue weighted by Crippen LogP contribution is 2.29. The van der Waals surface area contributed by atoms with Gasteiger partial charge in [0.1, 0.15) is 0 Å². The molecule has 0 spiro atoms. The topological polar surface area (TPSA) is 82.9 Å². The molecule has 156 valence electrons. The van der Waals surface area contributed by atoms with E-state index in [1.807, 2.05) is 12.4 Å². The van der Waals surface area contributed by atoms with Crippen molar-refractivity contribution < 1.29 is 9.59 Å². The zero-order valence-electron chi connectivity index (χ0n) is 17.1. The van der Waals surface area contributed by atoms with E-state index in [1.54, 1.807) is 0 Å². The lowest BCUT2D eigenvalue weighted by Gasteiger charge is -2.26. The molecule has 0 bridgehead atoms. The number of hydrazone groups is 2. The fraction of sp³-hybridized carbons (Fsp3) is 0.818. The summed E-state index contributed by atoms with van der Waals surface area (Å²) in [5, 5.41) is 8.37. The number of carbonyl (C=O) groups excluding carboxylic acids is 2. The smallest absolute Gasteiger partial charge is 0.243 e. The molecule has 6 heteroatoms. The summed E-state index contributed by atoms with van der Waals surface area (Å²) in [5.41, 5.74) is 5.44. The lowest BCUT2D eigenvalue weighted by Crippen LogP contribution is -2.35. The number of amides is 2. The number of nitrogens with one attached hydrogen (secondary N) is 2. The minimum Gasteiger partial charge on any atom is -0.273 e. The summed E-state index contributed by atoms with van der Waals surface area (Å²) in [6.07, 6.45) is 19.2. The standard InChI is InChI=1S/C22H36N4O2/c27-21(25-23-15-17-7-3-1-4-8-17)19-11-13-20(14-12-19)22(28)26-24-16-18-9-5-2-6-10-18/h15-20H,1-14H2,(H,25,27)(H,26,28)/b23-15+,24-16+. The van der Waals surface area contributed by atoms with Crippen molar-refractivity contribution in [3.63, 3.8) is 0 Å². The molecule has 0 heterocycles. The maximum Gasteiger partial charge on any atom is 0.243 e. The van der Waals surface area contributed by atoms with E-state index >= 15 is 0 Å². The summed E-state index contributed by atoms with van der Waals surface area (Å²) in [4.78, 5) is 24.6. The average molecular weight is 389 g/mol. The van der Waals surface area contributed by atoms with Crippen LogP contribution in [-0.2, 0) is 9.59 Å². The Balaban J connectivity index is 1.32. The van der Waals surface area contributed by atoms with Gasteiger partial charge in [0, 0.05) is 24.3 Å². The number of carbonyl (C=O) groups is 2. The molecule has 3 saturated carbocycles. The predicted octanol–water partition coefficient (Wildman–Crippen LogP) is 4.16. The van der Waals surface area contributed by atoms with E-state index in [2.05, 4.69) is 21.1 Å². The molecule has 0 unspecified atom stereocenters. The Morgan fingerprint density at radius 1 is 0.571 bits per heavy atom. The molecule has 3 aliphatic rings. The molecule has 0 atom stereocenters. The van der Waals surface area contributed by atoms with Crippen molar-refractivity contribution in [2.24, 2.45) is 33.9 Å². The van der Waals surface area contributed by atoms with Crippen LogP contribution in [0.25, 0.3) is 0 Å². The highest BCUT2D eigenvalue weighted by molar-refractivity contribution is 5.81. The van der Waals surface area contributed by atoms with Crippen molar-refractivity contribution in [1.29, 1.82) is 0 Å². The van der Waals surface area contributed by atoms with Crippen molar-refractivity contribution >= 4 is 24.2 Å². The third-order valence-corrected chi connectivity index (χ3v) is 6.69. The zero-order valence-corrected chi connectivity index (χ0v) is 17.1. The van der Waals surface area contributed by atoms with Gasteiger partial charge in [0.2, 0.25) is 11.8 Å². The van der Waals surface area contributed by atoms with Gasteiger partial charge in [0.25, 0.3) is 0 Å². The summed E-state index contributed by atoms with van der Waals surface area (Å²) in [6, 6.07) is 0. The first-order valence-corrected chi connectivity index (χ1v) is 11.4. The van der Waals surface area contributed by atoms with Crippen LogP contribution in [0.1, 0.15) is 89.9 Å². The predicted molar refractivity (Wildman–Crippen MR) is 112 cm³/mol. The normalized spacial score (nSPS) is 27.9. The number of nitrogens with zero attached hydrogens (tertiary/aromatic N) is 2. The molecule has 0 aromatic heterocycles. The van der Waals surface area contributed by atoms with E-state index in [0.29, 0.717) is 11.8 Å². The van der Waals surface area contributed by atoms with Crippen LogP contribution in [0.5, 0.6) is 0 Å². The molecule has 3 rings (SSSR count). The van der Waals surface area contributed by atoms with E-state index in [0.717, 1.165) is 25.7 Å². The Morgan fingerprint density at radius 3 is 1.29 bits per heavy atom. The van der Waals surface area contributed by atoms with Crippen molar-refractivity contribution in [1.82, 2.24) is 10.9 Å². The van der Waals surface area contributed by atoms with Gasteiger partial charge < -0.3 is 0 Å². The van der Waals surface area contributed by atoms with E-state index in [4.69, 9.17) is 0 Å². The second-order valence-corrected chi connectivity index (χ2v) is 8.85. The van der Waals surface area contributed by atoms with Gasteiger partial charge in [-0.05, 0) is 63.2 Å². The van der Waals surface area contributed by atoms with Gasteiger partial charge in [-0.3, -0.25) is 9.59 Å². The molecule has 6 nitrogen and oxygen atoms in total. The van der Waals surface area contributed by atoms with Crippen LogP contribution < -0.4 is 10.9 Å². The average Bonchev–Trinajstić information content (AvgIpc) is 2.75. The lowest BCUT2D eigenvalue weighted by atomic mass is 9.81. The Morgan fingerprint density at radius 2 is 0.929 bits per heavy atom. The Bertz CT molecular complexity index is 505. The quantitative estimate of drug-likeness (QED) is 0.529. The molecular weight excluding hydrogens is 352 g/mol. The van der Waals surface area contributed by atoms with Crippen LogP contribution in [0.2, 0.25) is 0 Å². The molecule has 28 heavy (non-hydrogen) atoms. The number of hydrogen-bond acceptors (Lipinski definition) is 4. The second kappa shape index (κ2) is 11.3. The van der Waals surface area contributed by atoms with E-state index < -0.39 is 0 Å². The molecule has 2 amide bonds. The summed E-state index contributed by atoms with van der Waals surface area (Å²) >= 11 is 0. The Kier molecular flexibility index (Phi) is 8.49. The van der Waals surface area contributed by atoms with Gasteiger partial charge in [0.15, 0.2) is 0 Å². The van der Waals surface area contributed by atoms with Crippen LogP contribution in [0.3, 0.4) is 0 Å². The fourth-order valence-corrected chi connectivity index (χ4v) is 4.78. The number of hydrogen-bond donors (Lipinski definition) is 2. The zero-order chi connectivity index (χ0) is 19.6. The van der Waals surface area contributed by atoms with E-state index in [-0.39, 0.29) is 23.7 Å². The molecule has 3 aliphatic carbocycles. The van der Waals surface area contributed by atoms with E-state index in [1.165, 1.54) is 64.2 Å². The van der Waals surface area contributed by atoms with E-state index in [9.17, 15) is 9.59 Å². The third kappa shape index (κ3) is 6.71. The first kappa shape index (κ1) is 21.0. The van der Waals surface area contributed by atoms with Crippen LogP contribution in [0.4, 0.5) is 0 Å². The largest absolute Gasteiger partial charge is 0.273 e. The van der Waals surface area contributed by atoms with Crippen molar-refractivity contribution in [3.8, 4) is 0 Å². The van der Waals surface area contributed by atoms with Crippen LogP contribution >= 0.6 is 0 Å². The second-order valence-electron chi connectivity index (χ2n) is 8.85. The summed E-state index contributed by atoms with van der Waals surface area (Å²) in [6.45, 7) is 0. The van der Waals surface area contributed by atoms with Crippen molar-refractivity contribution in [3.05, 3.63) is 0 Å². The monoisotopic (exact) mass is 388 g/mol. The Hall–Kier alpha value is -1.72. The van der Waals surface area contributed by atoms with Crippen LogP contribution in [0.15, 0.2) is 10.2 Å². The first-order valence-electron chi connectivity index (χ1n) is 11.4. The van der Waals surface area contributed by atoms with Gasteiger partial charge >= 0.3 is 0 Å². The molecule has 3 fully saturated rings. The SMILES string of the molecule is O=C(N/N=C/C1CCCCC1)C1CCC(C(=O)N/N=C/C2CCCCC2)CC1. The molecule has 0 aromatic carbocycles. The first-order chi connectivity index (χ1) is 13.7. The van der Waals surface area contributed by atoms with Crippen molar-refractivity contribution in [2.75, 3.05) is 0 Å². The molecule has 0 aromatic rings. The highest BCUT2D eigenvalue weighted by atomic mass is 16.2. The maximum absolute atomic E-state index is 12.3. The molecule has 0 aliphatic heterocycles. The van der Waals surface area contributed by atoms with Crippen LogP contribution in [-0.4, -0.2) is 24.2 Å². The van der Waals surface area contributed by atoms with Gasteiger partial charge in [-0.1, -0.05) is 38.5 Å². The van der Waals surface area contributed by atoms with Gasteiger partial charge in [-0.15, -0.1) is 0 Å². The lowest BCUT2D eigenvalue weighted by molar-refractivity contribution is -0.130. The molecule has 2 N–H and O–H groups in total.